The van der Waals surface area contributed by atoms with Crippen LogP contribution < -0.4 is 10.1 Å². The van der Waals surface area contributed by atoms with E-state index in [-0.39, 0.29) is 5.75 Å². The molecule has 1 rings (SSSR count). The Morgan fingerprint density at radius 3 is 2.65 bits per heavy atom. The molecule has 96 valence electrons. The maximum atomic E-state index is 11.9. The quantitative estimate of drug-likeness (QED) is 0.785. The van der Waals surface area contributed by atoms with Crippen LogP contribution in [0, 0.1) is 0 Å². The molecule has 3 nitrogen and oxygen atoms in total. The molecule has 6 heteroatoms. The largest absolute Gasteiger partial charge is 0.483 e. The second-order valence-electron chi connectivity index (χ2n) is 3.57. The second-order valence-corrected chi connectivity index (χ2v) is 3.57. The molecule has 0 aliphatic heterocycles. The van der Waals surface area contributed by atoms with E-state index < -0.39 is 12.8 Å². The van der Waals surface area contributed by atoms with Gasteiger partial charge in [0.25, 0.3) is 0 Å². The summed E-state index contributed by atoms with van der Waals surface area (Å²) < 4.78 is 40.2. The first-order valence-corrected chi connectivity index (χ1v) is 5.36. The van der Waals surface area contributed by atoms with Crippen LogP contribution in [0.2, 0.25) is 0 Å². The minimum atomic E-state index is -4.32. The van der Waals surface area contributed by atoms with E-state index in [1.54, 1.807) is 6.07 Å². The average molecular weight is 248 g/mol. The zero-order valence-electron chi connectivity index (χ0n) is 9.55. The second kappa shape index (κ2) is 6.44. The van der Waals surface area contributed by atoms with Crippen LogP contribution in [0.3, 0.4) is 0 Å². The monoisotopic (exact) mass is 248 g/mol. The van der Waals surface area contributed by atoms with E-state index in [1.165, 1.54) is 12.3 Å². The van der Waals surface area contributed by atoms with Gasteiger partial charge in [0, 0.05) is 6.54 Å². The first-order chi connectivity index (χ1) is 8.01. The number of rotatable bonds is 6. The standard InChI is InChI=1S/C11H15F3N2O/c1-2-5-15-6-9-3-4-10(7-16-9)17-8-11(12,13)14/h3-4,7,15H,2,5-6,8H2,1H3. The smallest absolute Gasteiger partial charge is 0.422 e. The van der Waals surface area contributed by atoms with Gasteiger partial charge in [0.05, 0.1) is 11.9 Å². The molecule has 0 aliphatic carbocycles. The summed E-state index contributed by atoms with van der Waals surface area (Å²) in [6, 6.07) is 3.13. The van der Waals surface area contributed by atoms with Crippen LogP contribution >= 0.6 is 0 Å². The number of hydrogen-bond donors (Lipinski definition) is 1. The summed E-state index contributed by atoms with van der Waals surface area (Å²) in [5.74, 6) is 0.126. The van der Waals surface area contributed by atoms with E-state index >= 15 is 0 Å². The number of hydrogen-bond acceptors (Lipinski definition) is 3. The van der Waals surface area contributed by atoms with Gasteiger partial charge in [0.1, 0.15) is 5.75 Å². The molecule has 0 radical (unpaired) electrons. The topological polar surface area (TPSA) is 34.1 Å². The summed E-state index contributed by atoms with van der Waals surface area (Å²) in [6.45, 7) is 2.25. The van der Waals surface area contributed by atoms with E-state index in [0.29, 0.717) is 6.54 Å². The first-order valence-electron chi connectivity index (χ1n) is 5.36. The van der Waals surface area contributed by atoms with Crippen molar-refractivity contribution >= 4 is 0 Å². The van der Waals surface area contributed by atoms with Crippen molar-refractivity contribution < 1.29 is 17.9 Å². The molecule has 1 aromatic heterocycles. The van der Waals surface area contributed by atoms with Crippen LogP contribution in [0.4, 0.5) is 13.2 Å². The van der Waals surface area contributed by atoms with Crippen LogP contribution in [0.5, 0.6) is 5.75 Å². The molecule has 0 fully saturated rings. The molecule has 1 heterocycles. The highest BCUT2D eigenvalue weighted by atomic mass is 19.4. The lowest BCUT2D eigenvalue weighted by molar-refractivity contribution is -0.153. The van der Waals surface area contributed by atoms with Crippen molar-refractivity contribution in [1.82, 2.24) is 10.3 Å². The van der Waals surface area contributed by atoms with Crippen LogP contribution in [-0.2, 0) is 6.54 Å². The Balaban J connectivity index is 2.39. The van der Waals surface area contributed by atoms with Gasteiger partial charge in [-0.1, -0.05) is 6.92 Å². The van der Waals surface area contributed by atoms with Crippen molar-refractivity contribution in [3.05, 3.63) is 24.0 Å². The Labute approximate surface area is 98.0 Å². The van der Waals surface area contributed by atoms with Gasteiger partial charge in [-0.3, -0.25) is 4.98 Å². The number of halogens is 3. The Morgan fingerprint density at radius 1 is 1.35 bits per heavy atom. The molecule has 0 aromatic carbocycles. The maximum Gasteiger partial charge on any atom is 0.422 e. The number of nitrogens with zero attached hydrogens (tertiary/aromatic N) is 1. The fourth-order valence-electron chi connectivity index (χ4n) is 1.16. The highest BCUT2D eigenvalue weighted by Gasteiger charge is 2.28. The first kappa shape index (κ1) is 13.8. The summed E-state index contributed by atoms with van der Waals surface area (Å²) >= 11 is 0. The predicted molar refractivity (Wildman–Crippen MR) is 57.8 cm³/mol. The number of ether oxygens (including phenoxy) is 1. The summed E-state index contributed by atoms with van der Waals surface area (Å²) in [7, 11) is 0. The number of alkyl halides is 3. The summed E-state index contributed by atoms with van der Waals surface area (Å²) in [4.78, 5) is 4.00. The third-order valence-corrected chi connectivity index (χ3v) is 1.93. The van der Waals surface area contributed by atoms with Crippen LogP contribution in [0.1, 0.15) is 19.0 Å². The third-order valence-electron chi connectivity index (χ3n) is 1.93. The zero-order chi connectivity index (χ0) is 12.7. The van der Waals surface area contributed by atoms with Crippen molar-refractivity contribution in [2.75, 3.05) is 13.2 Å². The Morgan fingerprint density at radius 2 is 2.12 bits per heavy atom. The number of nitrogens with one attached hydrogen (secondary N) is 1. The SMILES string of the molecule is CCCNCc1ccc(OCC(F)(F)F)cn1. The average Bonchev–Trinajstić information content (AvgIpc) is 2.27. The van der Waals surface area contributed by atoms with E-state index in [2.05, 4.69) is 22.0 Å². The lowest BCUT2D eigenvalue weighted by atomic mass is 10.3. The Hall–Kier alpha value is -1.30. The zero-order valence-corrected chi connectivity index (χ0v) is 9.55. The van der Waals surface area contributed by atoms with E-state index in [0.717, 1.165) is 18.7 Å². The Bertz CT molecular complexity index is 324. The highest BCUT2D eigenvalue weighted by molar-refractivity contribution is 5.19. The van der Waals surface area contributed by atoms with E-state index in [1.807, 2.05) is 0 Å². The van der Waals surface area contributed by atoms with Crippen molar-refractivity contribution in [3.8, 4) is 5.75 Å². The van der Waals surface area contributed by atoms with Crippen LogP contribution in [-0.4, -0.2) is 24.3 Å². The van der Waals surface area contributed by atoms with Crippen LogP contribution in [0.15, 0.2) is 18.3 Å². The maximum absolute atomic E-state index is 11.9. The van der Waals surface area contributed by atoms with E-state index in [9.17, 15) is 13.2 Å². The van der Waals surface area contributed by atoms with Crippen molar-refractivity contribution in [1.29, 1.82) is 0 Å². The number of aromatic nitrogens is 1. The minimum Gasteiger partial charge on any atom is -0.483 e. The third kappa shape index (κ3) is 6.11. The fourth-order valence-corrected chi connectivity index (χ4v) is 1.16. The fraction of sp³-hybridized carbons (Fsp3) is 0.545. The lowest BCUT2D eigenvalue weighted by Crippen LogP contribution is -2.19. The van der Waals surface area contributed by atoms with Crippen molar-refractivity contribution in [2.45, 2.75) is 26.1 Å². The molecule has 0 bridgehead atoms. The van der Waals surface area contributed by atoms with Gasteiger partial charge in [0.15, 0.2) is 6.61 Å². The molecule has 0 saturated heterocycles. The summed E-state index contributed by atoms with van der Waals surface area (Å²) in [5.41, 5.74) is 0.776. The molecular weight excluding hydrogens is 233 g/mol. The highest BCUT2D eigenvalue weighted by Crippen LogP contribution is 2.17. The molecule has 1 N–H and O–H groups in total. The molecule has 1 aromatic rings. The summed E-state index contributed by atoms with van der Waals surface area (Å²) in [5, 5.41) is 3.14. The lowest BCUT2D eigenvalue weighted by Gasteiger charge is -2.09. The van der Waals surface area contributed by atoms with Gasteiger partial charge in [-0.25, -0.2) is 0 Å². The molecule has 0 aliphatic rings. The molecule has 0 spiro atoms. The van der Waals surface area contributed by atoms with E-state index in [4.69, 9.17) is 0 Å². The molecule has 17 heavy (non-hydrogen) atoms. The molecule has 0 amide bonds. The number of pyridine rings is 1. The normalized spacial score (nSPS) is 11.5. The minimum absolute atomic E-state index is 0.126. The molecule has 0 unspecified atom stereocenters. The Kier molecular flexibility index (Phi) is 5.21. The summed E-state index contributed by atoms with van der Waals surface area (Å²) in [6.07, 6.45) is -2.00. The predicted octanol–water partition coefficient (Wildman–Crippen LogP) is 2.52. The van der Waals surface area contributed by atoms with Gasteiger partial charge < -0.3 is 10.1 Å². The van der Waals surface area contributed by atoms with Crippen molar-refractivity contribution in [2.24, 2.45) is 0 Å². The van der Waals surface area contributed by atoms with Crippen molar-refractivity contribution in [3.63, 3.8) is 0 Å². The molecule has 0 atom stereocenters. The van der Waals surface area contributed by atoms with Gasteiger partial charge in [0.2, 0.25) is 0 Å². The van der Waals surface area contributed by atoms with Gasteiger partial charge in [-0.05, 0) is 25.1 Å². The van der Waals surface area contributed by atoms with Crippen LogP contribution in [0.25, 0.3) is 0 Å². The van der Waals surface area contributed by atoms with Gasteiger partial charge in [-0.2, -0.15) is 13.2 Å². The molecule has 0 saturated carbocycles. The van der Waals surface area contributed by atoms with Gasteiger partial charge in [-0.15, -0.1) is 0 Å². The molecular formula is C11H15F3N2O. The van der Waals surface area contributed by atoms with Gasteiger partial charge >= 0.3 is 6.18 Å².